The average molecular weight is 286 g/mol. The van der Waals surface area contributed by atoms with Crippen molar-refractivity contribution >= 4 is 23.2 Å². The Morgan fingerprint density at radius 3 is 2.42 bits per heavy atom. The van der Waals surface area contributed by atoms with E-state index in [4.69, 9.17) is 11.6 Å². The zero-order valence-electron chi connectivity index (χ0n) is 9.38. The lowest BCUT2D eigenvalue weighted by molar-refractivity contribution is 0.102. The highest BCUT2D eigenvalue weighted by Gasteiger charge is 2.17. The summed E-state index contributed by atoms with van der Waals surface area (Å²) in [7, 11) is 0. The fraction of sp³-hybridized carbons (Fsp3) is 0. The van der Waals surface area contributed by atoms with Crippen LogP contribution in [0.4, 0.5) is 18.9 Å². The minimum atomic E-state index is -1.29. The third-order valence-corrected chi connectivity index (χ3v) is 2.69. The highest BCUT2D eigenvalue weighted by molar-refractivity contribution is 6.31. The molecule has 0 fully saturated rings. The molecule has 1 N–H and O–H groups in total. The molecule has 2 nitrogen and oxygen atoms in total. The summed E-state index contributed by atoms with van der Waals surface area (Å²) >= 11 is 5.54. The Kier molecular flexibility index (Phi) is 3.76. The first kappa shape index (κ1) is 13.4. The molecular weight excluding hydrogens is 279 g/mol. The lowest BCUT2D eigenvalue weighted by atomic mass is 10.2. The van der Waals surface area contributed by atoms with Crippen molar-refractivity contribution in [3.05, 3.63) is 64.4 Å². The largest absolute Gasteiger partial charge is 0.319 e. The van der Waals surface area contributed by atoms with Crippen LogP contribution in [0.5, 0.6) is 0 Å². The predicted octanol–water partition coefficient (Wildman–Crippen LogP) is 4.01. The van der Waals surface area contributed by atoms with Crippen LogP contribution in [-0.4, -0.2) is 5.91 Å². The van der Waals surface area contributed by atoms with E-state index in [1.807, 2.05) is 0 Å². The molecule has 19 heavy (non-hydrogen) atoms. The Balaban J connectivity index is 2.31. The summed E-state index contributed by atoms with van der Waals surface area (Å²) in [5.74, 6) is -4.24. The van der Waals surface area contributed by atoms with E-state index in [9.17, 15) is 18.0 Å². The molecule has 2 aromatic carbocycles. The Hall–Kier alpha value is -2.01. The van der Waals surface area contributed by atoms with Gasteiger partial charge in [0.2, 0.25) is 0 Å². The number of halogens is 4. The van der Waals surface area contributed by atoms with Crippen LogP contribution in [0.15, 0.2) is 36.4 Å². The number of amides is 1. The predicted molar refractivity (Wildman–Crippen MR) is 65.7 cm³/mol. The number of hydrogen-bond acceptors (Lipinski definition) is 1. The number of anilines is 1. The smallest absolute Gasteiger partial charge is 0.258 e. The second-order valence-corrected chi connectivity index (χ2v) is 4.06. The molecule has 0 aliphatic heterocycles. The lowest BCUT2D eigenvalue weighted by Gasteiger charge is -2.08. The number of carbonyl (C=O) groups is 1. The van der Waals surface area contributed by atoms with Gasteiger partial charge in [0.05, 0.1) is 16.3 Å². The lowest BCUT2D eigenvalue weighted by Crippen LogP contribution is -2.15. The molecule has 1 amide bonds. The molecular formula is C13H7ClF3NO. The van der Waals surface area contributed by atoms with E-state index in [1.165, 1.54) is 24.3 Å². The van der Waals surface area contributed by atoms with Crippen LogP contribution >= 0.6 is 11.6 Å². The zero-order valence-corrected chi connectivity index (χ0v) is 10.1. The monoisotopic (exact) mass is 285 g/mol. The number of nitrogens with one attached hydrogen (secondary N) is 1. The van der Waals surface area contributed by atoms with E-state index in [0.717, 1.165) is 12.1 Å². The van der Waals surface area contributed by atoms with Gasteiger partial charge < -0.3 is 5.32 Å². The summed E-state index contributed by atoms with van der Waals surface area (Å²) in [5.41, 5.74) is -0.722. The Morgan fingerprint density at radius 2 is 1.68 bits per heavy atom. The molecule has 0 spiro atoms. The third kappa shape index (κ3) is 2.71. The van der Waals surface area contributed by atoms with E-state index in [-0.39, 0.29) is 10.7 Å². The van der Waals surface area contributed by atoms with Crippen molar-refractivity contribution in [2.45, 2.75) is 0 Å². The molecule has 0 radical (unpaired) electrons. The molecule has 2 rings (SSSR count). The average Bonchev–Trinajstić information content (AvgIpc) is 2.38. The molecule has 98 valence electrons. The van der Waals surface area contributed by atoms with Crippen LogP contribution in [0.3, 0.4) is 0 Å². The van der Waals surface area contributed by atoms with Gasteiger partial charge in [0.25, 0.3) is 5.91 Å². The minimum absolute atomic E-state index is 0.183. The van der Waals surface area contributed by atoms with Crippen LogP contribution in [0.2, 0.25) is 5.02 Å². The van der Waals surface area contributed by atoms with E-state index >= 15 is 0 Å². The fourth-order valence-electron chi connectivity index (χ4n) is 1.47. The van der Waals surface area contributed by atoms with Gasteiger partial charge in [-0.15, -0.1) is 0 Å². The maximum atomic E-state index is 13.5. The molecule has 0 saturated carbocycles. The van der Waals surface area contributed by atoms with Gasteiger partial charge in [-0.25, -0.2) is 13.2 Å². The van der Waals surface area contributed by atoms with Crippen LogP contribution in [0, 0.1) is 17.5 Å². The van der Waals surface area contributed by atoms with Crippen molar-refractivity contribution < 1.29 is 18.0 Å². The van der Waals surface area contributed by atoms with Crippen molar-refractivity contribution in [2.75, 3.05) is 5.32 Å². The van der Waals surface area contributed by atoms with Gasteiger partial charge in [0.15, 0.2) is 17.5 Å². The van der Waals surface area contributed by atoms with E-state index in [2.05, 4.69) is 5.32 Å². The number of hydrogen-bond donors (Lipinski definition) is 1. The topological polar surface area (TPSA) is 29.1 Å². The second kappa shape index (κ2) is 5.32. The van der Waals surface area contributed by atoms with E-state index in [1.54, 1.807) is 0 Å². The van der Waals surface area contributed by atoms with Gasteiger partial charge >= 0.3 is 0 Å². The molecule has 0 aliphatic rings. The van der Waals surface area contributed by atoms with Crippen LogP contribution in [-0.2, 0) is 0 Å². The Labute approximate surface area is 111 Å². The highest BCUT2D eigenvalue weighted by Crippen LogP contribution is 2.23. The SMILES string of the molecule is O=C(Nc1cccc(Cl)c1F)c1cccc(F)c1F. The summed E-state index contributed by atoms with van der Waals surface area (Å²) in [6.07, 6.45) is 0. The Bertz CT molecular complexity index is 646. The van der Waals surface area contributed by atoms with Gasteiger partial charge in [-0.3, -0.25) is 4.79 Å². The molecule has 0 bridgehead atoms. The number of benzene rings is 2. The van der Waals surface area contributed by atoms with Gasteiger partial charge in [0.1, 0.15) is 0 Å². The van der Waals surface area contributed by atoms with Gasteiger partial charge in [-0.2, -0.15) is 0 Å². The number of carbonyl (C=O) groups excluding carboxylic acids is 1. The molecule has 0 aromatic heterocycles. The van der Waals surface area contributed by atoms with Gasteiger partial charge in [0, 0.05) is 0 Å². The summed E-state index contributed by atoms with van der Waals surface area (Å²) in [5, 5.41) is 1.95. The summed E-state index contributed by atoms with van der Waals surface area (Å²) in [6.45, 7) is 0. The Morgan fingerprint density at radius 1 is 1.00 bits per heavy atom. The van der Waals surface area contributed by atoms with Gasteiger partial charge in [-0.1, -0.05) is 23.7 Å². The maximum absolute atomic E-state index is 13.5. The van der Waals surface area contributed by atoms with Crippen LogP contribution in [0.25, 0.3) is 0 Å². The molecule has 0 aliphatic carbocycles. The van der Waals surface area contributed by atoms with Crippen molar-refractivity contribution in [3.8, 4) is 0 Å². The van der Waals surface area contributed by atoms with Crippen LogP contribution in [0.1, 0.15) is 10.4 Å². The molecule has 0 atom stereocenters. The first-order valence-corrected chi connectivity index (χ1v) is 5.58. The standard InChI is InChI=1S/C13H7ClF3NO/c14-8-4-2-6-10(12(8)17)18-13(19)7-3-1-5-9(15)11(7)16/h1-6H,(H,18,19). The van der Waals surface area contributed by atoms with Crippen molar-refractivity contribution in [1.29, 1.82) is 0 Å². The normalized spacial score (nSPS) is 10.3. The molecule has 0 heterocycles. The highest BCUT2D eigenvalue weighted by atomic mass is 35.5. The number of rotatable bonds is 2. The van der Waals surface area contributed by atoms with E-state index in [0.29, 0.717) is 0 Å². The van der Waals surface area contributed by atoms with Gasteiger partial charge in [-0.05, 0) is 24.3 Å². The minimum Gasteiger partial charge on any atom is -0.319 e. The van der Waals surface area contributed by atoms with Crippen LogP contribution < -0.4 is 5.32 Å². The second-order valence-electron chi connectivity index (χ2n) is 3.66. The molecule has 6 heteroatoms. The summed E-state index contributed by atoms with van der Waals surface area (Å²) in [6, 6.07) is 7.14. The van der Waals surface area contributed by atoms with E-state index < -0.39 is 28.9 Å². The first-order valence-electron chi connectivity index (χ1n) is 5.20. The summed E-state index contributed by atoms with van der Waals surface area (Å²) in [4.78, 5) is 11.7. The first-order chi connectivity index (χ1) is 9.00. The van der Waals surface area contributed by atoms with Crippen molar-refractivity contribution in [1.82, 2.24) is 0 Å². The summed E-state index contributed by atoms with van der Waals surface area (Å²) < 4.78 is 39.9. The third-order valence-electron chi connectivity index (χ3n) is 2.40. The maximum Gasteiger partial charge on any atom is 0.258 e. The fourth-order valence-corrected chi connectivity index (χ4v) is 1.64. The quantitative estimate of drug-likeness (QED) is 0.887. The van der Waals surface area contributed by atoms with Crippen molar-refractivity contribution in [3.63, 3.8) is 0 Å². The molecule has 2 aromatic rings. The molecule has 0 unspecified atom stereocenters. The van der Waals surface area contributed by atoms with Crippen molar-refractivity contribution in [2.24, 2.45) is 0 Å². The zero-order chi connectivity index (χ0) is 14.0. The molecule has 0 saturated heterocycles.